The van der Waals surface area contributed by atoms with Crippen molar-refractivity contribution in [1.29, 1.82) is 0 Å². The summed E-state index contributed by atoms with van der Waals surface area (Å²) in [7, 11) is 0. The molecule has 5 aromatic carbocycles. The van der Waals surface area contributed by atoms with Gasteiger partial charge in [0.2, 0.25) is 0 Å². The Morgan fingerprint density at radius 2 is 1.19 bits per heavy atom. The van der Waals surface area contributed by atoms with Gasteiger partial charge in [-0.1, -0.05) is 28.3 Å². The second kappa shape index (κ2) is 14.5. The van der Waals surface area contributed by atoms with Crippen molar-refractivity contribution in [2.45, 2.75) is 9.79 Å². The van der Waals surface area contributed by atoms with Gasteiger partial charge >= 0.3 is 0 Å². The van der Waals surface area contributed by atoms with E-state index in [9.17, 15) is 5.11 Å². The van der Waals surface area contributed by atoms with Crippen LogP contribution in [-0.2, 0) is 18.7 Å². The van der Waals surface area contributed by atoms with E-state index in [0.717, 1.165) is 23.4 Å². The molecule has 42 heavy (non-hydrogen) atoms. The number of hydrogen-bond donors (Lipinski definition) is 4. The van der Waals surface area contributed by atoms with E-state index < -0.39 is 0 Å². The molecule has 0 aliphatic heterocycles. The first-order valence-corrected chi connectivity index (χ1v) is 13.6. The van der Waals surface area contributed by atoms with Crippen molar-refractivity contribution in [3.05, 3.63) is 103 Å². The van der Waals surface area contributed by atoms with Gasteiger partial charge < -0.3 is 10.4 Å². The molecule has 0 amide bonds. The molecule has 0 fully saturated rings. The van der Waals surface area contributed by atoms with Gasteiger partial charge in [-0.25, -0.2) is 10.5 Å². The summed E-state index contributed by atoms with van der Waals surface area (Å²) in [6, 6.07) is 30.7. The Morgan fingerprint density at radius 1 is 0.595 bits per heavy atom. The van der Waals surface area contributed by atoms with Crippen molar-refractivity contribution in [3.8, 4) is 5.75 Å². The Kier molecular flexibility index (Phi) is 10.1. The second-order valence-electron chi connectivity index (χ2n) is 8.36. The maximum absolute atomic E-state index is 11.1. The number of phenols is 1. The predicted octanol–water partition coefficient (Wildman–Crippen LogP) is 9.98. The number of benzene rings is 5. The molecule has 212 valence electrons. The molecule has 4 N–H and O–H groups in total. The molecule has 0 unspecified atom stereocenters. The highest BCUT2D eigenvalue weighted by Gasteiger charge is 2.15. The highest BCUT2D eigenvalue weighted by atomic mass is 32.2. The van der Waals surface area contributed by atoms with E-state index >= 15 is 0 Å². The lowest BCUT2D eigenvalue weighted by molar-refractivity contribution is -0.432. The summed E-state index contributed by atoms with van der Waals surface area (Å²) in [5.41, 5.74) is 3.56. The molecule has 14 heteroatoms. The molecule has 0 saturated heterocycles. The van der Waals surface area contributed by atoms with Gasteiger partial charge in [-0.05, 0) is 90.3 Å². The zero-order chi connectivity index (χ0) is 29.1. The molecule has 0 aliphatic carbocycles. The van der Waals surface area contributed by atoms with Crippen LogP contribution in [0.25, 0.3) is 10.8 Å². The Balaban J connectivity index is 1.33. The molecular formula is C28H21N5O7S2. The maximum atomic E-state index is 11.1. The third-order valence-electron chi connectivity index (χ3n) is 5.66. The largest absolute Gasteiger partial charge is 0.505 e. The lowest BCUT2D eigenvalue weighted by atomic mass is 10.1. The summed E-state index contributed by atoms with van der Waals surface area (Å²) in [5, 5.41) is 56.8. The molecule has 0 saturated carbocycles. The molecule has 5 rings (SSSR count). The molecule has 0 aromatic heterocycles. The maximum Gasteiger partial charge on any atom is 0.152 e. The van der Waals surface area contributed by atoms with Gasteiger partial charge in [-0.2, -0.15) is 15.3 Å². The SMILES string of the molecule is OOOSc1ccc(N=Nc2ccc(N=Nc3c(SOOO)cc4cc(Nc5ccccc5)ccc4c3O)cc2)cc1. The average Bonchev–Trinajstić information content (AvgIpc) is 3.03. The van der Waals surface area contributed by atoms with Gasteiger partial charge in [0, 0.05) is 21.7 Å². The number of nitrogens with one attached hydrogen (secondary N) is 1. The van der Waals surface area contributed by atoms with Crippen LogP contribution in [0, 0.1) is 0 Å². The van der Waals surface area contributed by atoms with E-state index in [-0.39, 0.29) is 11.4 Å². The van der Waals surface area contributed by atoms with Gasteiger partial charge in [0.05, 0.1) is 46.0 Å². The number of rotatable bonds is 12. The van der Waals surface area contributed by atoms with Crippen LogP contribution in [0.3, 0.4) is 0 Å². The first kappa shape index (κ1) is 29.1. The summed E-state index contributed by atoms with van der Waals surface area (Å²) >= 11 is 1.52. The first-order chi connectivity index (χ1) is 20.6. The Bertz CT molecular complexity index is 1690. The lowest BCUT2D eigenvalue weighted by Crippen LogP contribution is -1.90. The lowest BCUT2D eigenvalue weighted by Gasteiger charge is -2.11. The van der Waals surface area contributed by atoms with Crippen LogP contribution in [0.5, 0.6) is 5.75 Å². The molecule has 0 atom stereocenters. The minimum absolute atomic E-state index is 0.114. The normalized spacial score (nSPS) is 11.6. The van der Waals surface area contributed by atoms with Crippen LogP contribution in [-0.4, -0.2) is 15.6 Å². The fraction of sp³-hybridized carbons (Fsp3) is 0. The fourth-order valence-electron chi connectivity index (χ4n) is 3.76. The van der Waals surface area contributed by atoms with Crippen LogP contribution < -0.4 is 5.32 Å². The van der Waals surface area contributed by atoms with Crippen molar-refractivity contribution in [3.63, 3.8) is 0 Å². The number of para-hydroxylation sites is 1. The quantitative estimate of drug-likeness (QED) is 0.0467. The van der Waals surface area contributed by atoms with E-state index in [1.807, 2.05) is 42.5 Å². The molecule has 5 aromatic rings. The monoisotopic (exact) mass is 603 g/mol. The number of fused-ring (bicyclic) bond motifs is 1. The summed E-state index contributed by atoms with van der Waals surface area (Å²) in [6.07, 6.45) is 0. The molecule has 0 aliphatic rings. The average molecular weight is 604 g/mol. The summed E-state index contributed by atoms with van der Waals surface area (Å²) in [4.78, 5) is 1.07. The number of azo groups is 2. The standard InChI is InChI=1S/C28H21N5O7S2/c34-28-25-15-12-23(29-19-4-2-1-3-5-19)16-18(25)17-26(42-40-38-36)27(28)33-32-21-8-6-20(7-9-21)30-31-22-10-13-24(14-11-22)41-39-37-35/h1-17,29,34-36H. The smallest absolute Gasteiger partial charge is 0.152 e. The van der Waals surface area contributed by atoms with Gasteiger partial charge in [0.15, 0.2) is 5.75 Å². The second-order valence-corrected chi connectivity index (χ2v) is 9.88. The van der Waals surface area contributed by atoms with Crippen LogP contribution in [0.1, 0.15) is 0 Å². The van der Waals surface area contributed by atoms with E-state index in [4.69, 9.17) is 10.5 Å². The van der Waals surface area contributed by atoms with Gasteiger partial charge in [0.25, 0.3) is 0 Å². The Morgan fingerprint density at radius 3 is 1.83 bits per heavy atom. The van der Waals surface area contributed by atoms with Crippen molar-refractivity contribution < 1.29 is 34.4 Å². The number of phenolic OH excluding ortho intramolecular Hbond substituents is 1. The van der Waals surface area contributed by atoms with E-state index in [2.05, 4.69) is 44.5 Å². The van der Waals surface area contributed by atoms with Gasteiger partial charge in [0.1, 0.15) is 5.69 Å². The van der Waals surface area contributed by atoms with Crippen LogP contribution >= 0.6 is 24.1 Å². The number of hydrogen-bond acceptors (Lipinski definition) is 14. The van der Waals surface area contributed by atoms with Crippen molar-refractivity contribution >= 4 is 69.0 Å². The molecule has 0 bridgehead atoms. The number of nitrogens with zero attached hydrogens (tertiary/aromatic N) is 4. The number of aromatic hydroxyl groups is 1. The highest BCUT2D eigenvalue weighted by molar-refractivity contribution is 7.94. The Labute approximate surface area is 247 Å². The molecular weight excluding hydrogens is 582 g/mol. The van der Waals surface area contributed by atoms with Crippen LogP contribution in [0.4, 0.5) is 34.1 Å². The molecule has 12 nitrogen and oxygen atoms in total. The number of anilines is 2. The van der Waals surface area contributed by atoms with Crippen LogP contribution in [0.15, 0.2) is 133 Å². The zero-order valence-electron chi connectivity index (χ0n) is 21.4. The predicted molar refractivity (Wildman–Crippen MR) is 158 cm³/mol. The summed E-state index contributed by atoms with van der Waals surface area (Å²) in [5.74, 6) is -0.114. The van der Waals surface area contributed by atoms with Crippen molar-refractivity contribution in [2.75, 3.05) is 5.32 Å². The minimum atomic E-state index is -0.114. The van der Waals surface area contributed by atoms with E-state index in [1.165, 1.54) is 0 Å². The first-order valence-electron chi connectivity index (χ1n) is 12.1. The molecule has 0 spiro atoms. The van der Waals surface area contributed by atoms with E-state index in [1.54, 1.807) is 60.7 Å². The highest BCUT2D eigenvalue weighted by Crippen LogP contribution is 2.44. The Hall–Kier alpha value is -4.38. The summed E-state index contributed by atoms with van der Waals surface area (Å²) < 4.78 is 9.03. The molecule has 0 radical (unpaired) electrons. The minimum Gasteiger partial charge on any atom is -0.505 e. The van der Waals surface area contributed by atoms with Gasteiger partial charge in [-0.3, -0.25) is 0 Å². The van der Waals surface area contributed by atoms with Crippen molar-refractivity contribution in [1.82, 2.24) is 0 Å². The third-order valence-corrected chi connectivity index (χ3v) is 6.87. The van der Waals surface area contributed by atoms with Gasteiger partial charge in [-0.15, -0.1) is 13.8 Å². The third kappa shape index (κ3) is 7.67. The van der Waals surface area contributed by atoms with E-state index in [0.29, 0.717) is 49.7 Å². The zero-order valence-corrected chi connectivity index (χ0v) is 23.0. The fourth-order valence-corrected chi connectivity index (χ4v) is 4.61. The van der Waals surface area contributed by atoms with Crippen LogP contribution in [0.2, 0.25) is 0 Å². The topological polar surface area (TPSA) is 159 Å². The molecule has 0 heterocycles. The van der Waals surface area contributed by atoms with Crippen molar-refractivity contribution in [2.24, 2.45) is 20.5 Å². The summed E-state index contributed by atoms with van der Waals surface area (Å²) in [6.45, 7) is 0.